The van der Waals surface area contributed by atoms with Crippen LogP contribution in [0.2, 0.25) is 5.02 Å². The number of carbonyl (C=O) groups is 2. The zero-order valence-electron chi connectivity index (χ0n) is 14.2. The van der Waals surface area contributed by atoms with Crippen molar-refractivity contribution in [3.8, 4) is 0 Å². The zero-order chi connectivity index (χ0) is 18.8. The number of carbonyl (C=O) groups excluding carboxylic acids is 2. The first kappa shape index (κ1) is 18.1. The predicted octanol–water partition coefficient (Wildman–Crippen LogP) is 1.50. The summed E-state index contributed by atoms with van der Waals surface area (Å²) in [6.45, 7) is 1.79. The lowest BCUT2D eigenvalue weighted by Crippen LogP contribution is -2.51. The van der Waals surface area contributed by atoms with E-state index < -0.39 is 4.92 Å². The maximum Gasteiger partial charge on any atom is 0.294 e. The quantitative estimate of drug-likeness (QED) is 0.585. The molecule has 0 N–H and O–H groups in total. The molecule has 2 aliphatic heterocycles. The number of benzene rings is 1. The molecule has 1 saturated heterocycles. The molecule has 10 heteroatoms. The first-order chi connectivity index (χ1) is 12.4. The van der Waals surface area contributed by atoms with Gasteiger partial charge in [-0.05, 0) is 12.1 Å². The predicted molar refractivity (Wildman–Crippen MR) is 96.3 cm³/mol. The third kappa shape index (κ3) is 3.62. The van der Waals surface area contributed by atoms with Crippen LogP contribution in [0.1, 0.15) is 12.8 Å². The minimum Gasteiger partial charge on any atom is -0.362 e. The number of piperazine rings is 1. The van der Waals surface area contributed by atoms with Crippen molar-refractivity contribution in [1.82, 2.24) is 9.91 Å². The third-order valence-corrected chi connectivity index (χ3v) is 4.73. The molecule has 1 aromatic carbocycles. The van der Waals surface area contributed by atoms with Gasteiger partial charge in [-0.1, -0.05) is 11.6 Å². The van der Waals surface area contributed by atoms with E-state index in [1.165, 1.54) is 18.1 Å². The van der Waals surface area contributed by atoms with Gasteiger partial charge in [-0.3, -0.25) is 19.7 Å². The van der Waals surface area contributed by atoms with Crippen molar-refractivity contribution in [3.63, 3.8) is 0 Å². The van der Waals surface area contributed by atoms with Crippen molar-refractivity contribution < 1.29 is 14.5 Å². The fourth-order valence-electron chi connectivity index (χ4n) is 3.07. The van der Waals surface area contributed by atoms with Gasteiger partial charge in [0.25, 0.3) is 11.6 Å². The van der Waals surface area contributed by atoms with Gasteiger partial charge in [0.15, 0.2) is 0 Å². The summed E-state index contributed by atoms with van der Waals surface area (Å²) in [5, 5.41) is 16.8. The van der Waals surface area contributed by atoms with Crippen LogP contribution in [0.25, 0.3) is 0 Å². The summed E-state index contributed by atoms with van der Waals surface area (Å²) >= 11 is 5.86. The van der Waals surface area contributed by atoms with Gasteiger partial charge in [-0.15, -0.1) is 0 Å². The minimum atomic E-state index is -0.456. The molecule has 138 valence electrons. The molecule has 0 atom stereocenters. The van der Waals surface area contributed by atoms with E-state index in [1.54, 1.807) is 17.0 Å². The molecular weight excluding hydrogens is 362 g/mol. The molecule has 0 radical (unpaired) electrons. The van der Waals surface area contributed by atoms with Crippen LogP contribution in [0.15, 0.2) is 23.3 Å². The molecule has 0 spiro atoms. The van der Waals surface area contributed by atoms with Gasteiger partial charge in [0.05, 0.1) is 4.92 Å². The van der Waals surface area contributed by atoms with Crippen LogP contribution in [0.4, 0.5) is 11.4 Å². The summed E-state index contributed by atoms with van der Waals surface area (Å²) in [7, 11) is 1.53. The number of nitro benzene ring substituents is 1. The first-order valence-electron chi connectivity index (χ1n) is 8.19. The van der Waals surface area contributed by atoms with E-state index in [0.717, 1.165) is 0 Å². The molecule has 1 fully saturated rings. The van der Waals surface area contributed by atoms with Crippen molar-refractivity contribution in [3.05, 3.63) is 33.3 Å². The Morgan fingerprint density at radius 3 is 2.54 bits per heavy atom. The molecule has 3 rings (SSSR count). The van der Waals surface area contributed by atoms with Crippen molar-refractivity contribution >= 4 is 40.5 Å². The van der Waals surface area contributed by atoms with Gasteiger partial charge in [0, 0.05) is 57.2 Å². The number of halogens is 1. The van der Waals surface area contributed by atoms with E-state index in [2.05, 4.69) is 5.10 Å². The topological polar surface area (TPSA) is 99.4 Å². The summed E-state index contributed by atoms with van der Waals surface area (Å²) in [5.41, 5.74) is 0.818. The van der Waals surface area contributed by atoms with E-state index in [4.69, 9.17) is 11.6 Å². The number of hydrogen-bond donors (Lipinski definition) is 0. The van der Waals surface area contributed by atoms with Crippen LogP contribution < -0.4 is 4.90 Å². The Bertz CT molecular complexity index is 789. The second-order valence-corrected chi connectivity index (χ2v) is 6.57. The number of nitro groups is 1. The summed E-state index contributed by atoms with van der Waals surface area (Å²) < 4.78 is 0. The normalized spacial score (nSPS) is 18.0. The minimum absolute atomic E-state index is 0.0472. The highest BCUT2D eigenvalue weighted by Crippen LogP contribution is 2.31. The molecule has 0 unspecified atom stereocenters. The lowest BCUT2D eigenvalue weighted by atomic mass is 10.1. The number of amides is 2. The Balaban J connectivity index is 1.68. The molecule has 26 heavy (non-hydrogen) atoms. The van der Waals surface area contributed by atoms with Crippen molar-refractivity contribution in [2.75, 3.05) is 38.1 Å². The number of rotatable bonds is 3. The molecule has 2 aliphatic rings. The molecule has 2 heterocycles. The molecular formula is C16H18ClN5O4. The fraction of sp³-hybridized carbons (Fsp3) is 0.438. The highest BCUT2D eigenvalue weighted by atomic mass is 35.5. The van der Waals surface area contributed by atoms with Crippen LogP contribution in [0, 0.1) is 10.1 Å². The van der Waals surface area contributed by atoms with Gasteiger partial charge >= 0.3 is 0 Å². The summed E-state index contributed by atoms with van der Waals surface area (Å²) in [6, 6.07) is 4.58. The first-order valence-corrected chi connectivity index (χ1v) is 8.57. The molecule has 9 nitrogen and oxygen atoms in total. The highest BCUT2D eigenvalue weighted by Gasteiger charge is 2.30. The van der Waals surface area contributed by atoms with Gasteiger partial charge in [0.2, 0.25) is 5.91 Å². The highest BCUT2D eigenvalue weighted by molar-refractivity contribution is 6.39. The van der Waals surface area contributed by atoms with Gasteiger partial charge in [0.1, 0.15) is 11.4 Å². The average Bonchev–Trinajstić information content (AvgIpc) is 2.63. The summed E-state index contributed by atoms with van der Waals surface area (Å²) in [5.74, 6) is -0.295. The lowest BCUT2D eigenvalue weighted by Gasteiger charge is -2.36. The average molecular weight is 380 g/mol. The monoisotopic (exact) mass is 379 g/mol. The van der Waals surface area contributed by atoms with E-state index in [1.807, 2.05) is 4.90 Å². The second kappa shape index (κ2) is 7.28. The van der Waals surface area contributed by atoms with Crippen LogP contribution in [0.5, 0.6) is 0 Å². The van der Waals surface area contributed by atoms with Crippen molar-refractivity contribution in [2.45, 2.75) is 12.8 Å². The largest absolute Gasteiger partial charge is 0.362 e. The van der Waals surface area contributed by atoms with Crippen molar-refractivity contribution in [2.24, 2.45) is 5.10 Å². The van der Waals surface area contributed by atoms with Crippen LogP contribution in [-0.2, 0) is 9.59 Å². The van der Waals surface area contributed by atoms with Crippen molar-refractivity contribution in [1.29, 1.82) is 0 Å². The molecule has 0 saturated carbocycles. The Labute approximate surface area is 154 Å². The van der Waals surface area contributed by atoms with Gasteiger partial charge in [-0.25, -0.2) is 5.01 Å². The van der Waals surface area contributed by atoms with E-state index >= 15 is 0 Å². The standard InChI is InChI=1S/C16H18ClN5O4/c1-19-15(23)5-3-12(18-19)16(24)21-8-6-20(7-9-21)13-4-2-11(17)10-14(13)22(25)26/h2,4,10H,3,5-9H2,1H3. The molecule has 0 aliphatic carbocycles. The smallest absolute Gasteiger partial charge is 0.294 e. The number of anilines is 1. The number of nitrogens with zero attached hydrogens (tertiary/aromatic N) is 5. The SMILES string of the molecule is CN1N=C(C(=O)N2CCN(c3ccc(Cl)cc3[N+](=O)[O-])CC2)CCC1=O. The van der Waals surface area contributed by atoms with E-state index in [-0.39, 0.29) is 23.9 Å². The Hall–Kier alpha value is -2.68. The second-order valence-electron chi connectivity index (χ2n) is 6.13. The summed E-state index contributed by atoms with van der Waals surface area (Å²) in [6.07, 6.45) is 0.614. The molecule has 0 aromatic heterocycles. The maximum absolute atomic E-state index is 12.6. The molecule has 1 aromatic rings. The Morgan fingerprint density at radius 1 is 1.23 bits per heavy atom. The van der Waals surface area contributed by atoms with Crippen LogP contribution in [0.3, 0.4) is 0 Å². The van der Waals surface area contributed by atoms with Crippen LogP contribution in [-0.4, -0.2) is 65.6 Å². The zero-order valence-corrected chi connectivity index (χ0v) is 15.0. The number of hydrazone groups is 1. The maximum atomic E-state index is 12.6. The van der Waals surface area contributed by atoms with Gasteiger partial charge in [-0.2, -0.15) is 5.10 Å². The third-order valence-electron chi connectivity index (χ3n) is 4.50. The lowest BCUT2D eigenvalue weighted by molar-refractivity contribution is -0.384. The van der Waals surface area contributed by atoms with E-state index in [9.17, 15) is 19.7 Å². The molecule has 2 amide bonds. The molecule has 0 bridgehead atoms. The Kier molecular flexibility index (Phi) is 5.08. The van der Waals surface area contributed by atoms with Gasteiger partial charge < -0.3 is 9.80 Å². The number of hydrogen-bond acceptors (Lipinski definition) is 6. The Morgan fingerprint density at radius 2 is 1.92 bits per heavy atom. The summed E-state index contributed by atoms with van der Waals surface area (Å²) in [4.78, 5) is 38.4. The van der Waals surface area contributed by atoms with Crippen LogP contribution >= 0.6 is 11.6 Å². The fourth-order valence-corrected chi connectivity index (χ4v) is 3.23. The van der Waals surface area contributed by atoms with E-state index in [0.29, 0.717) is 49.0 Å².